The van der Waals surface area contributed by atoms with Gasteiger partial charge in [0.2, 0.25) is 5.95 Å². The van der Waals surface area contributed by atoms with E-state index in [1.54, 1.807) is 12.1 Å². The summed E-state index contributed by atoms with van der Waals surface area (Å²) in [7, 11) is 0. The summed E-state index contributed by atoms with van der Waals surface area (Å²) in [6.07, 6.45) is 4.77. The second kappa shape index (κ2) is 10.3. The first kappa shape index (κ1) is 23.0. The van der Waals surface area contributed by atoms with Crippen LogP contribution in [0.15, 0.2) is 49.2 Å². The molecular formula is C26H29ClFN5O. The van der Waals surface area contributed by atoms with Gasteiger partial charge in [0.05, 0.1) is 16.6 Å². The third-order valence-electron chi connectivity index (χ3n) is 6.69. The van der Waals surface area contributed by atoms with Gasteiger partial charge in [-0.05, 0) is 61.1 Å². The number of rotatable bonds is 7. The van der Waals surface area contributed by atoms with Crippen molar-refractivity contribution in [1.82, 2.24) is 20.6 Å². The summed E-state index contributed by atoms with van der Waals surface area (Å²) >= 11 is 6.10. The molecule has 34 heavy (non-hydrogen) atoms. The molecule has 8 heteroatoms. The second-order valence-corrected chi connectivity index (χ2v) is 9.43. The average Bonchev–Trinajstić information content (AvgIpc) is 3.39. The first-order valence-corrected chi connectivity index (χ1v) is 12.2. The monoisotopic (exact) mass is 481 g/mol. The maximum Gasteiger partial charge on any atom is 0.223 e. The number of nitrogens with zero attached hydrogens (tertiary/aromatic N) is 2. The largest absolute Gasteiger partial charge is 0.381 e. The molecule has 2 fully saturated rings. The van der Waals surface area contributed by atoms with E-state index in [2.05, 4.69) is 27.5 Å². The van der Waals surface area contributed by atoms with Gasteiger partial charge in [0.25, 0.3) is 0 Å². The SMILES string of the molecule is C=C(N[C@H](c1ccc(F)c(Cl)c1)C1CCNC1)c1ccc2cnc(NC3CCOCC3)nc2c1. The molecule has 1 aromatic heterocycles. The number of hydrogen-bond donors (Lipinski definition) is 3. The fraction of sp³-hybridized carbons (Fsp3) is 0.385. The van der Waals surface area contributed by atoms with Crippen molar-refractivity contribution in [2.75, 3.05) is 31.6 Å². The molecule has 3 N–H and O–H groups in total. The van der Waals surface area contributed by atoms with Gasteiger partial charge in [-0.2, -0.15) is 0 Å². The molecule has 0 bridgehead atoms. The molecule has 1 unspecified atom stereocenters. The van der Waals surface area contributed by atoms with Crippen LogP contribution < -0.4 is 16.0 Å². The van der Waals surface area contributed by atoms with Crippen LogP contribution in [0.4, 0.5) is 10.3 Å². The fourth-order valence-electron chi connectivity index (χ4n) is 4.72. The molecule has 3 heterocycles. The van der Waals surface area contributed by atoms with E-state index in [1.165, 1.54) is 6.07 Å². The van der Waals surface area contributed by atoms with Crippen LogP contribution in [0.3, 0.4) is 0 Å². The maximum atomic E-state index is 13.8. The Hall–Kier alpha value is -2.74. The van der Waals surface area contributed by atoms with Gasteiger partial charge in [-0.15, -0.1) is 0 Å². The van der Waals surface area contributed by atoms with Crippen LogP contribution in [0.2, 0.25) is 5.02 Å². The highest BCUT2D eigenvalue weighted by atomic mass is 35.5. The van der Waals surface area contributed by atoms with Crippen LogP contribution in [0.1, 0.15) is 36.4 Å². The zero-order valence-corrected chi connectivity index (χ0v) is 19.7. The Morgan fingerprint density at radius 1 is 1.18 bits per heavy atom. The number of hydrogen-bond acceptors (Lipinski definition) is 6. The van der Waals surface area contributed by atoms with Crippen LogP contribution in [-0.4, -0.2) is 42.3 Å². The van der Waals surface area contributed by atoms with Crippen molar-refractivity contribution >= 4 is 34.1 Å². The Morgan fingerprint density at radius 2 is 2.03 bits per heavy atom. The maximum absolute atomic E-state index is 13.8. The number of nitrogens with one attached hydrogen (secondary N) is 3. The number of fused-ring (bicyclic) bond motifs is 1. The molecule has 0 aliphatic carbocycles. The minimum Gasteiger partial charge on any atom is -0.381 e. The van der Waals surface area contributed by atoms with E-state index in [1.807, 2.05) is 24.4 Å². The van der Waals surface area contributed by atoms with Crippen LogP contribution in [-0.2, 0) is 4.74 Å². The van der Waals surface area contributed by atoms with Crippen molar-refractivity contribution in [2.24, 2.45) is 5.92 Å². The first-order chi connectivity index (χ1) is 16.6. The molecule has 2 aliphatic heterocycles. The Morgan fingerprint density at radius 3 is 2.79 bits per heavy atom. The van der Waals surface area contributed by atoms with Gasteiger partial charge in [-0.3, -0.25) is 0 Å². The second-order valence-electron chi connectivity index (χ2n) is 9.03. The number of benzene rings is 2. The van der Waals surface area contributed by atoms with E-state index in [-0.39, 0.29) is 11.1 Å². The molecule has 2 atom stereocenters. The Balaban J connectivity index is 1.37. The molecule has 0 amide bonds. The molecule has 0 radical (unpaired) electrons. The zero-order valence-electron chi connectivity index (χ0n) is 19.0. The summed E-state index contributed by atoms with van der Waals surface area (Å²) in [6, 6.07) is 11.3. The van der Waals surface area contributed by atoms with Crippen molar-refractivity contribution in [3.05, 3.63) is 71.1 Å². The topological polar surface area (TPSA) is 71.1 Å². The van der Waals surface area contributed by atoms with Gasteiger partial charge in [0, 0.05) is 43.1 Å². The highest BCUT2D eigenvalue weighted by Crippen LogP contribution is 2.32. The summed E-state index contributed by atoms with van der Waals surface area (Å²) in [5, 5.41) is 11.5. The van der Waals surface area contributed by atoms with Crippen LogP contribution in [0, 0.1) is 11.7 Å². The molecule has 5 rings (SSSR count). The minimum absolute atomic E-state index is 0.0348. The van der Waals surface area contributed by atoms with Gasteiger partial charge >= 0.3 is 0 Å². The van der Waals surface area contributed by atoms with Gasteiger partial charge < -0.3 is 20.7 Å². The molecule has 2 aliphatic rings. The normalized spacial score (nSPS) is 19.8. The zero-order chi connectivity index (χ0) is 23.5. The lowest BCUT2D eigenvalue weighted by Gasteiger charge is -2.27. The van der Waals surface area contributed by atoms with Crippen molar-refractivity contribution in [2.45, 2.75) is 31.3 Å². The molecule has 6 nitrogen and oxygen atoms in total. The number of ether oxygens (including phenoxy) is 1. The van der Waals surface area contributed by atoms with Gasteiger partial charge in [0.15, 0.2) is 0 Å². The molecule has 0 saturated carbocycles. The smallest absolute Gasteiger partial charge is 0.223 e. The molecule has 178 valence electrons. The lowest BCUT2D eigenvalue weighted by molar-refractivity contribution is 0.0903. The van der Waals surface area contributed by atoms with Gasteiger partial charge in [-0.25, -0.2) is 14.4 Å². The van der Waals surface area contributed by atoms with E-state index in [9.17, 15) is 4.39 Å². The van der Waals surface area contributed by atoms with Crippen LogP contribution in [0.25, 0.3) is 16.6 Å². The van der Waals surface area contributed by atoms with Crippen molar-refractivity contribution < 1.29 is 9.13 Å². The third-order valence-corrected chi connectivity index (χ3v) is 6.98. The third kappa shape index (κ3) is 5.17. The summed E-state index contributed by atoms with van der Waals surface area (Å²) in [5.74, 6) is 0.564. The number of halogens is 2. The highest BCUT2D eigenvalue weighted by molar-refractivity contribution is 6.30. The van der Waals surface area contributed by atoms with Crippen molar-refractivity contribution in [3.8, 4) is 0 Å². The summed E-state index contributed by atoms with van der Waals surface area (Å²) in [4.78, 5) is 9.23. The van der Waals surface area contributed by atoms with E-state index in [0.29, 0.717) is 17.9 Å². The average molecular weight is 482 g/mol. The van der Waals surface area contributed by atoms with E-state index < -0.39 is 5.82 Å². The Bertz CT molecular complexity index is 1180. The van der Waals surface area contributed by atoms with Crippen LogP contribution >= 0.6 is 11.6 Å². The first-order valence-electron chi connectivity index (χ1n) is 11.8. The summed E-state index contributed by atoms with van der Waals surface area (Å²) < 4.78 is 19.2. The lowest BCUT2D eigenvalue weighted by Crippen LogP contribution is -2.29. The minimum atomic E-state index is -0.410. The predicted octanol–water partition coefficient (Wildman–Crippen LogP) is 4.92. The standard InChI is InChI=1S/C26H29ClFN5O/c1-16(31-25(20-6-9-29-14-20)18-4-5-23(28)22(27)12-18)17-2-3-19-15-30-26(33-24(19)13-17)32-21-7-10-34-11-8-21/h2-5,12-13,15,20-21,25,29,31H,1,6-11,14H2,(H,30,32,33)/t20?,25-/m1/s1. The number of anilines is 1. The Kier molecular flexibility index (Phi) is 6.94. The van der Waals surface area contributed by atoms with E-state index >= 15 is 0 Å². The number of aromatic nitrogens is 2. The highest BCUT2D eigenvalue weighted by Gasteiger charge is 2.27. The van der Waals surface area contributed by atoms with E-state index in [4.69, 9.17) is 21.3 Å². The Labute approximate surface area is 204 Å². The molecule has 3 aromatic rings. The molecular weight excluding hydrogens is 453 g/mol. The quantitative estimate of drug-likeness (QED) is 0.444. The van der Waals surface area contributed by atoms with Crippen molar-refractivity contribution in [3.63, 3.8) is 0 Å². The molecule has 0 spiro atoms. The molecule has 2 saturated heterocycles. The summed E-state index contributed by atoms with van der Waals surface area (Å²) in [6.45, 7) is 7.68. The van der Waals surface area contributed by atoms with Crippen LogP contribution in [0.5, 0.6) is 0 Å². The van der Waals surface area contributed by atoms with Gasteiger partial charge in [0.1, 0.15) is 5.82 Å². The van der Waals surface area contributed by atoms with E-state index in [0.717, 1.165) is 73.3 Å². The van der Waals surface area contributed by atoms with Crippen molar-refractivity contribution in [1.29, 1.82) is 0 Å². The molecule has 2 aromatic carbocycles. The van der Waals surface area contributed by atoms with Gasteiger partial charge in [-0.1, -0.05) is 36.4 Å². The lowest BCUT2D eigenvalue weighted by atomic mass is 9.91. The fourth-order valence-corrected chi connectivity index (χ4v) is 4.91. The summed E-state index contributed by atoms with van der Waals surface area (Å²) in [5.41, 5.74) is 3.55. The predicted molar refractivity (Wildman–Crippen MR) is 134 cm³/mol.